The maximum Gasteiger partial charge on any atom is 0.343 e. The molecule has 1 aromatic heterocycles. The number of nitrogens with one attached hydrogen (secondary N) is 1. The summed E-state index contributed by atoms with van der Waals surface area (Å²) in [5.41, 5.74) is 0.466. The number of unbranched alkanes of at least 4 members (excludes halogenated alkanes) is 1. The summed E-state index contributed by atoms with van der Waals surface area (Å²) in [6.07, 6.45) is 1.92. The van der Waals surface area contributed by atoms with E-state index in [4.69, 9.17) is 0 Å². The second-order valence-electron chi connectivity index (χ2n) is 4.54. The Labute approximate surface area is 140 Å². The molecule has 112 valence electrons. The average Bonchev–Trinajstić information content (AvgIpc) is 2.83. The Bertz CT molecular complexity index is 664. The molecule has 0 saturated heterocycles. The number of nitrogens with zero attached hydrogens (tertiary/aromatic N) is 2. The number of rotatable bonds is 7. The van der Waals surface area contributed by atoms with Crippen molar-refractivity contribution in [2.45, 2.75) is 31.5 Å². The Kier molecular flexibility index (Phi) is 6.04. The third-order valence-corrected chi connectivity index (χ3v) is 4.65. The molecule has 1 N–H and O–H groups in total. The molecule has 0 atom stereocenters. The van der Waals surface area contributed by atoms with Crippen LogP contribution >= 0.6 is 34.4 Å². The number of hydrogen-bond donors (Lipinski definition) is 1. The fourth-order valence-electron chi connectivity index (χ4n) is 1.78. The van der Waals surface area contributed by atoms with Crippen LogP contribution in [0, 0.1) is 3.57 Å². The van der Waals surface area contributed by atoms with E-state index < -0.39 is 0 Å². The maximum atomic E-state index is 12.1. The van der Waals surface area contributed by atoms with Crippen molar-refractivity contribution in [3.8, 4) is 0 Å². The van der Waals surface area contributed by atoms with Gasteiger partial charge in [-0.2, -0.15) is 0 Å². The van der Waals surface area contributed by atoms with Gasteiger partial charge in [-0.25, -0.2) is 9.89 Å². The second kappa shape index (κ2) is 7.79. The van der Waals surface area contributed by atoms with E-state index in [1.54, 1.807) is 4.57 Å². The van der Waals surface area contributed by atoms with Crippen LogP contribution in [0.15, 0.2) is 34.2 Å². The topological polar surface area (TPSA) is 67.8 Å². The zero-order chi connectivity index (χ0) is 15.2. The van der Waals surface area contributed by atoms with Crippen molar-refractivity contribution in [1.82, 2.24) is 14.8 Å². The molecule has 0 unspecified atom stereocenters. The van der Waals surface area contributed by atoms with Crippen molar-refractivity contribution >= 4 is 40.1 Å². The number of H-pyrrole nitrogens is 1. The predicted octanol–water partition coefficient (Wildman–Crippen LogP) is 2.95. The van der Waals surface area contributed by atoms with E-state index in [1.807, 2.05) is 24.3 Å². The lowest BCUT2D eigenvalue weighted by Crippen LogP contribution is -2.18. The average molecular weight is 417 g/mol. The van der Waals surface area contributed by atoms with Gasteiger partial charge in [-0.15, -0.1) is 5.10 Å². The summed E-state index contributed by atoms with van der Waals surface area (Å²) < 4.78 is 2.69. The van der Waals surface area contributed by atoms with Gasteiger partial charge in [0, 0.05) is 15.7 Å². The van der Waals surface area contributed by atoms with Crippen LogP contribution in [-0.4, -0.2) is 26.3 Å². The Hall–Kier alpha value is -1.09. The van der Waals surface area contributed by atoms with Crippen LogP contribution in [0.1, 0.15) is 30.1 Å². The SMILES string of the molecule is CCCCn1c(SCC(=O)c2ccc(I)cc2)n[nH]c1=O. The molecule has 1 heterocycles. The van der Waals surface area contributed by atoms with Gasteiger partial charge < -0.3 is 0 Å². The fraction of sp³-hybridized carbons (Fsp3) is 0.357. The fourth-order valence-corrected chi connectivity index (χ4v) is 3.00. The monoisotopic (exact) mass is 417 g/mol. The van der Waals surface area contributed by atoms with E-state index in [2.05, 4.69) is 39.7 Å². The molecule has 0 saturated carbocycles. The number of Topliss-reactive ketones (excluding diaryl/α,β-unsaturated/α-hetero) is 1. The number of hydrogen-bond acceptors (Lipinski definition) is 4. The molecular weight excluding hydrogens is 401 g/mol. The van der Waals surface area contributed by atoms with Gasteiger partial charge in [0.2, 0.25) is 0 Å². The number of thioether (sulfide) groups is 1. The highest BCUT2D eigenvalue weighted by Crippen LogP contribution is 2.16. The van der Waals surface area contributed by atoms with E-state index in [-0.39, 0.29) is 17.2 Å². The van der Waals surface area contributed by atoms with Gasteiger partial charge in [-0.3, -0.25) is 9.36 Å². The first-order valence-corrected chi connectivity index (χ1v) is 8.75. The van der Waals surface area contributed by atoms with Crippen LogP contribution in [0.5, 0.6) is 0 Å². The molecule has 0 radical (unpaired) electrons. The smallest absolute Gasteiger partial charge is 0.293 e. The summed E-state index contributed by atoms with van der Waals surface area (Å²) in [6.45, 7) is 2.70. The molecule has 0 aliphatic carbocycles. The zero-order valence-electron chi connectivity index (χ0n) is 11.6. The quantitative estimate of drug-likeness (QED) is 0.428. The molecule has 0 aliphatic rings. The van der Waals surface area contributed by atoms with E-state index in [0.29, 0.717) is 17.3 Å². The summed E-state index contributed by atoms with van der Waals surface area (Å²) in [5, 5.41) is 7.00. The lowest BCUT2D eigenvalue weighted by Gasteiger charge is -2.04. The Balaban J connectivity index is 2.01. The van der Waals surface area contributed by atoms with Crippen LogP contribution in [-0.2, 0) is 6.54 Å². The Morgan fingerprint density at radius 2 is 2.10 bits per heavy atom. The van der Waals surface area contributed by atoms with Crippen LogP contribution in [0.25, 0.3) is 0 Å². The van der Waals surface area contributed by atoms with Crippen molar-refractivity contribution in [3.05, 3.63) is 43.9 Å². The van der Waals surface area contributed by atoms with Crippen molar-refractivity contribution in [2.24, 2.45) is 0 Å². The first-order chi connectivity index (χ1) is 10.1. The molecule has 0 bridgehead atoms. The summed E-state index contributed by atoms with van der Waals surface area (Å²) in [6, 6.07) is 7.45. The third-order valence-electron chi connectivity index (χ3n) is 2.96. The number of aromatic nitrogens is 3. The minimum atomic E-state index is -0.215. The van der Waals surface area contributed by atoms with Gasteiger partial charge in [0.05, 0.1) is 5.75 Å². The number of carbonyl (C=O) groups excluding carboxylic acids is 1. The molecule has 0 aliphatic heterocycles. The van der Waals surface area contributed by atoms with Crippen molar-refractivity contribution < 1.29 is 4.79 Å². The molecule has 2 rings (SSSR count). The van der Waals surface area contributed by atoms with E-state index in [1.165, 1.54) is 11.8 Å². The highest BCUT2D eigenvalue weighted by Gasteiger charge is 2.12. The molecule has 1 aromatic carbocycles. The van der Waals surface area contributed by atoms with E-state index in [9.17, 15) is 9.59 Å². The van der Waals surface area contributed by atoms with E-state index >= 15 is 0 Å². The van der Waals surface area contributed by atoms with Gasteiger partial charge in [-0.05, 0) is 41.1 Å². The Morgan fingerprint density at radius 3 is 2.76 bits per heavy atom. The number of aromatic amines is 1. The zero-order valence-corrected chi connectivity index (χ0v) is 14.6. The van der Waals surface area contributed by atoms with Crippen molar-refractivity contribution in [2.75, 3.05) is 5.75 Å². The molecule has 2 aromatic rings. The second-order valence-corrected chi connectivity index (χ2v) is 6.72. The van der Waals surface area contributed by atoms with Crippen LogP contribution in [0.2, 0.25) is 0 Å². The highest BCUT2D eigenvalue weighted by atomic mass is 127. The molecule has 0 amide bonds. The molecule has 5 nitrogen and oxygen atoms in total. The number of benzene rings is 1. The van der Waals surface area contributed by atoms with Crippen LogP contribution in [0.4, 0.5) is 0 Å². The first-order valence-electron chi connectivity index (χ1n) is 6.68. The van der Waals surface area contributed by atoms with Gasteiger partial charge in [-0.1, -0.05) is 37.2 Å². The molecule has 21 heavy (non-hydrogen) atoms. The summed E-state index contributed by atoms with van der Waals surface area (Å²) in [7, 11) is 0. The third kappa shape index (κ3) is 4.44. The van der Waals surface area contributed by atoms with Gasteiger partial charge in [0.15, 0.2) is 10.9 Å². The van der Waals surface area contributed by atoms with E-state index in [0.717, 1.165) is 16.4 Å². The molecule has 0 fully saturated rings. The lowest BCUT2D eigenvalue weighted by molar-refractivity contribution is 0.102. The normalized spacial score (nSPS) is 10.8. The summed E-state index contributed by atoms with van der Waals surface area (Å²) in [5.74, 6) is 0.311. The molecular formula is C14H16IN3O2S. The largest absolute Gasteiger partial charge is 0.343 e. The van der Waals surface area contributed by atoms with Gasteiger partial charge >= 0.3 is 5.69 Å². The minimum absolute atomic E-state index is 0.0360. The van der Waals surface area contributed by atoms with Crippen molar-refractivity contribution in [1.29, 1.82) is 0 Å². The molecule has 7 heteroatoms. The van der Waals surface area contributed by atoms with Crippen LogP contribution < -0.4 is 5.69 Å². The standard InChI is InChI=1S/C14H16IN3O2S/c1-2-3-8-18-13(20)16-17-14(18)21-9-12(19)10-4-6-11(15)7-5-10/h4-7H,2-3,8-9H2,1H3,(H,16,20). The van der Waals surface area contributed by atoms with Gasteiger partial charge in [0.25, 0.3) is 0 Å². The lowest BCUT2D eigenvalue weighted by atomic mass is 10.2. The Morgan fingerprint density at radius 1 is 1.38 bits per heavy atom. The van der Waals surface area contributed by atoms with Gasteiger partial charge in [0.1, 0.15) is 0 Å². The maximum absolute atomic E-state index is 12.1. The number of carbonyl (C=O) groups is 1. The van der Waals surface area contributed by atoms with Crippen molar-refractivity contribution in [3.63, 3.8) is 0 Å². The summed E-state index contributed by atoms with van der Waals surface area (Å²) >= 11 is 3.50. The van der Waals surface area contributed by atoms with Crippen LogP contribution in [0.3, 0.4) is 0 Å². The first kappa shape index (κ1) is 16.3. The number of halogens is 1. The number of ketones is 1. The summed E-state index contributed by atoms with van der Waals surface area (Å²) in [4.78, 5) is 23.8. The molecule has 0 spiro atoms. The predicted molar refractivity (Wildman–Crippen MR) is 92.0 cm³/mol. The minimum Gasteiger partial charge on any atom is -0.293 e. The highest BCUT2D eigenvalue weighted by molar-refractivity contribution is 14.1.